The number of benzene rings is 4. The van der Waals surface area contributed by atoms with Crippen LogP contribution in [0, 0.1) is 0 Å². The summed E-state index contributed by atoms with van der Waals surface area (Å²) in [7, 11) is 0. The molecule has 55 heavy (non-hydrogen) atoms. The maximum Gasteiger partial charge on any atom is 0.410 e. The lowest BCUT2D eigenvalue weighted by atomic mass is 9.92. The molecule has 5 heterocycles. The summed E-state index contributed by atoms with van der Waals surface area (Å²) in [6.45, 7) is 7.64. The Labute approximate surface area is 319 Å². The molecule has 0 radical (unpaired) electrons. The van der Waals surface area contributed by atoms with Crippen molar-refractivity contribution in [2.45, 2.75) is 77.4 Å². The predicted molar refractivity (Wildman–Crippen MR) is 209 cm³/mol. The normalized spacial score (nSPS) is 17.9. The van der Waals surface area contributed by atoms with Crippen LogP contribution in [0.3, 0.4) is 0 Å². The van der Waals surface area contributed by atoms with Crippen LogP contribution in [0.4, 0.5) is 9.59 Å². The van der Waals surface area contributed by atoms with Crippen LogP contribution < -0.4 is 4.74 Å². The number of H-pyrrole nitrogens is 2. The zero-order valence-electron chi connectivity index (χ0n) is 31.3. The number of imidazole rings is 2. The van der Waals surface area contributed by atoms with Gasteiger partial charge in [-0.1, -0.05) is 60.7 Å². The number of hydrogen-bond acceptors (Lipinski definition) is 7. The van der Waals surface area contributed by atoms with Crippen LogP contribution in [0.2, 0.25) is 0 Å². The molecule has 11 nitrogen and oxygen atoms in total. The highest BCUT2D eigenvalue weighted by Crippen LogP contribution is 2.44. The fourth-order valence-electron chi connectivity index (χ4n) is 8.10. The first kappa shape index (κ1) is 34.7. The molecule has 3 aliphatic rings. The Bertz CT molecular complexity index is 2400. The SMILES string of the molecule is CC(C)(C)OC(=O)N1CCC[C@H]1c1ncc(-c2ccc3c(c2)COc2c-3ccc3cc(-c4cnc([C@@H]5CCCN5C(=O)OCc5ccccc5)[nH]4)ccc23)[nH]1. The van der Waals surface area contributed by atoms with Crippen molar-refractivity contribution >= 4 is 23.0 Å². The molecule has 2 aromatic heterocycles. The Kier molecular flexibility index (Phi) is 8.79. The lowest BCUT2D eigenvalue weighted by Crippen LogP contribution is -2.36. The summed E-state index contributed by atoms with van der Waals surface area (Å²) in [6, 6.07) is 26.5. The maximum absolute atomic E-state index is 13.0. The van der Waals surface area contributed by atoms with Gasteiger partial charge in [0.15, 0.2) is 0 Å². The molecule has 280 valence electrons. The van der Waals surface area contributed by atoms with Crippen LogP contribution in [0.5, 0.6) is 5.75 Å². The van der Waals surface area contributed by atoms with Crippen molar-refractivity contribution in [3.8, 4) is 39.4 Å². The molecule has 2 saturated heterocycles. The molecule has 0 aliphatic carbocycles. The Morgan fingerprint density at radius 1 is 0.782 bits per heavy atom. The Hall–Kier alpha value is -6.10. The highest BCUT2D eigenvalue weighted by Gasteiger charge is 2.35. The van der Waals surface area contributed by atoms with E-state index in [1.807, 2.05) is 63.5 Å². The van der Waals surface area contributed by atoms with Crippen LogP contribution in [-0.2, 0) is 22.7 Å². The molecule has 4 aromatic carbocycles. The molecule has 2 fully saturated rings. The molecule has 6 aromatic rings. The van der Waals surface area contributed by atoms with Crippen LogP contribution in [-0.4, -0.2) is 60.6 Å². The van der Waals surface area contributed by atoms with E-state index in [-0.39, 0.29) is 30.9 Å². The molecule has 9 rings (SSSR count). The average Bonchev–Trinajstić information content (AvgIpc) is 4.02. The van der Waals surface area contributed by atoms with Crippen LogP contribution in [0.15, 0.2) is 91.3 Å². The van der Waals surface area contributed by atoms with Crippen molar-refractivity contribution in [3.63, 3.8) is 0 Å². The number of ether oxygens (including phenoxy) is 3. The summed E-state index contributed by atoms with van der Waals surface area (Å²) in [4.78, 5) is 45.9. The van der Waals surface area contributed by atoms with Gasteiger partial charge in [-0.25, -0.2) is 19.6 Å². The molecule has 0 bridgehead atoms. The first-order chi connectivity index (χ1) is 26.7. The molecule has 11 heteroatoms. The number of likely N-dealkylation sites (tertiary alicyclic amines) is 2. The Balaban J connectivity index is 0.908. The lowest BCUT2D eigenvalue weighted by molar-refractivity contribution is 0.0218. The number of carbonyl (C=O) groups is 2. The van der Waals surface area contributed by atoms with Crippen molar-refractivity contribution in [1.29, 1.82) is 0 Å². The van der Waals surface area contributed by atoms with E-state index in [0.29, 0.717) is 19.7 Å². The topological polar surface area (TPSA) is 126 Å². The minimum Gasteiger partial charge on any atom is -0.488 e. The minimum atomic E-state index is -0.551. The second-order valence-electron chi connectivity index (χ2n) is 15.6. The van der Waals surface area contributed by atoms with E-state index in [1.165, 1.54) is 0 Å². The molecular weight excluding hydrogens is 693 g/mol. The lowest BCUT2D eigenvalue weighted by Gasteiger charge is -2.27. The number of carbonyl (C=O) groups excluding carboxylic acids is 2. The Morgan fingerprint density at radius 3 is 2.11 bits per heavy atom. The van der Waals surface area contributed by atoms with Crippen molar-refractivity contribution < 1.29 is 23.8 Å². The molecule has 2 N–H and O–H groups in total. The number of nitrogens with one attached hydrogen (secondary N) is 2. The second-order valence-corrected chi connectivity index (χ2v) is 15.6. The van der Waals surface area contributed by atoms with Gasteiger partial charge in [0.25, 0.3) is 0 Å². The van der Waals surface area contributed by atoms with Crippen molar-refractivity contribution in [3.05, 3.63) is 114 Å². The van der Waals surface area contributed by atoms with Crippen LogP contribution >= 0.6 is 0 Å². The molecule has 2 amide bonds. The number of aromatic amines is 2. The van der Waals surface area contributed by atoms with Gasteiger partial charge < -0.3 is 24.2 Å². The van der Waals surface area contributed by atoms with Gasteiger partial charge in [0.2, 0.25) is 0 Å². The summed E-state index contributed by atoms with van der Waals surface area (Å²) >= 11 is 0. The largest absolute Gasteiger partial charge is 0.488 e. The van der Waals surface area contributed by atoms with E-state index >= 15 is 0 Å². The quantitative estimate of drug-likeness (QED) is 0.174. The summed E-state index contributed by atoms with van der Waals surface area (Å²) in [5.41, 5.74) is 7.53. The minimum absolute atomic E-state index is 0.139. The molecule has 2 atom stereocenters. The third-order valence-electron chi connectivity index (χ3n) is 10.8. The summed E-state index contributed by atoms with van der Waals surface area (Å²) in [6.07, 6.45) is 6.54. The number of amides is 2. The standard InChI is InChI=1S/C44H44N6O5/c1-44(2,3)55-43(52)50-20-8-12-38(50)41-46-24-36(48-41)30-14-16-32-31(22-30)26-53-39-33-17-15-29(21-28(33)13-18-34(32)39)35-23-45-40(47-35)37-11-7-19-49(37)42(51)54-25-27-9-5-4-6-10-27/h4-6,9-10,13-18,21-24,37-38H,7-8,11-12,19-20,25-26H2,1-3H3,(H,45,47)(H,46,48)/t37-,38-/m0/s1. The second kappa shape index (κ2) is 14.0. The molecular formula is C44H44N6O5. The van der Waals surface area contributed by atoms with Crippen molar-refractivity contribution in [1.82, 2.24) is 29.7 Å². The number of hydrogen-bond donors (Lipinski definition) is 2. The van der Waals surface area contributed by atoms with Gasteiger partial charge in [-0.15, -0.1) is 0 Å². The number of aromatic nitrogens is 4. The summed E-state index contributed by atoms with van der Waals surface area (Å²) in [5, 5.41) is 2.11. The number of fused-ring (bicyclic) bond motifs is 5. The monoisotopic (exact) mass is 736 g/mol. The van der Waals surface area contributed by atoms with Gasteiger partial charge in [0.1, 0.15) is 36.2 Å². The number of nitrogens with zero attached hydrogens (tertiary/aromatic N) is 4. The fraction of sp³-hybridized carbons (Fsp3) is 0.318. The van der Waals surface area contributed by atoms with Gasteiger partial charge >= 0.3 is 12.2 Å². The molecule has 3 aliphatic heterocycles. The van der Waals surface area contributed by atoms with Crippen molar-refractivity contribution in [2.75, 3.05) is 13.1 Å². The highest BCUT2D eigenvalue weighted by molar-refractivity contribution is 5.98. The maximum atomic E-state index is 13.0. The van der Waals surface area contributed by atoms with E-state index in [2.05, 4.69) is 58.5 Å². The highest BCUT2D eigenvalue weighted by atomic mass is 16.6. The average molecular weight is 737 g/mol. The first-order valence-corrected chi connectivity index (χ1v) is 19.1. The van der Waals surface area contributed by atoms with Crippen LogP contribution in [0.25, 0.3) is 44.4 Å². The first-order valence-electron chi connectivity index (χ1n) is 19.1. The van der Waals surface area contributed by atoms with Gasteiger partial charge in [0.05, 0.1) is 35.9 Å². The van der Waals surface area contributed by atoms with E-state index in [9.17, 15) is 9.59 Å². The molecule has 0 spiro atoms. The Morgan fingerprint density at radius 2 is 1.42 bits per heavy atom. The van der Waals surface area contributed by atoms with E-state index in [0.717, 1.165) is 98.6 Å². The van der Waals surface area contributed by atoms with Gasteiger partial charge in [-0.2, -0.15) is 0 Å². The van der Waals surface area contributed by atoms with E-state index < -0.39 is 5.60 Å². The zero-order valence-corrected chi connectivity index (χ0v) is 31.3. The van der Waals surface area contributed by atoms with Crippen molar-refractivity contribution in [2.24, 2.45) is 0 Å². The van der Waals surface area contributed by atoms with Crippen LogP contribution in [0.1, 0.15) is 81.3 Å². The van der Waals surface area contributed by atoms with E-state index in [4.69, 9.17) is 24.2 Å². The summed E-state index contributed by atoms with van der Waals surface area (Å²) < 4.78 is 17.8. The third-order valence-corrected chi connectivity index (χ3v) is 10.8. The fourth-order valence-corrected chi connectivity index (χ4v) is 8.10. The van der Waals surface area contributed by atoms with Gasteiger partial charge in [0, 0.05) is 29.6 Å². The smallest absolute Gasteiger partial charge is 0.410 e. The van der Waals surface area contributed by atoms with Gasteiger partial charge in [-0.05, 0) is 92.3 Å². The van der Waals surface area contributed by atoms with Gasteiger partial charge in [-0.3, -0.25) is 9.80 Å². The predicted octanol–water partition coefficient (Wildman–Crippen LogP) is 9.73. The number of rotatable bonds is 6. The molecule has 0 saturated carbocycles. The third kappa shape index (κ3) is 6.79. The molecule has 0 unspecified atom stereocenters. The zero-order chi connectivity index (χ0) is 37.7. The van der Waals surface area contributed by atoms with E-state index in [1.54, 1.807) is 9.80 Å². The summed E-state index contributed by atoms with van der Waals surface area (Å²) in [5.74, 6) is 2.41.